The molecule has 1 aromatic carbocycles. The Balaban J connectivity index is 1.80. The van der Waals surface area contributed by atoms with E-state index in [1.807, 2.05) is 0 Å². The fourth-order valence-corrected chi connectivity index (χ4v) is 1.55. The molecule has 96 valence electrons. The predicted molar refractivity (Wildman–Crippen MR) is 62.8 cm³/mol. The van der Waals surface area contributed by atoms with E-state index in [1.54, 1.807) is 30.3 Å². The molecule has 1 heterocycles. The number of morpholine rings is 1. The number of carbonyl (C=O) groups is 2. The van der Waals surface area contributed by atoms with E-state index in [0.717, 1.165) is 0 Å². The molecule has 1 aliphatic heterocycles. The van der Waals surface area contributed by atoms with Gasteiger partial charge in [-0.15, -0.1) is 0 Å². The number of hydrogen-bond donors (Lipinski definition) is 1. The first-order valence-electron chi connectivity index (χ1n) is 5.66. The lowest BCUT2D eigenvalue weighted by Crippen LogP contribution is -2.43. The number of hydrogen-bond acceptors (Lipinski definition) is 4. The minimum absolute atomic E-state index is 0.437. The minimum Gasteiger partial charge on any atom is -0.378 e. The van der Waals surface area contributed by atoms with Crippen LogP contribution in [0.4, 0.5) is 4.79 Å². The maximum absolute atomic E-state index is 11.6. The summed E-state index contributed by atoms with van der Waals surface area (Å²) in [6.07, 6.45) is -0.567. The van der Waals surface area contributed by atoms with Gasteiger partial charge in [-0.05, 0) is 12.1 Å². The summed E-state index contributed by atoms with van der Waals surface area (Å²) in [5.41, 5.74) is 2.56. The third-order valence-electron chi connectivity index (χ3n) is 2.54. The van der Waals surface area contributed by atoms with Gasteiger partial charge in [-0.25, -0.2) is 4.79 Å². The minimum atomic E-state index is -0.567. The Morgan fingerprint density at radius 3 is 2.50 bits per heavy atom. The van der Waals surface area contributed by atoms with Gasteiger partial charge in [-0.1, -0.05) is 18.2 Å². The summed E-state index contributed by atoms with van der Waals surface area (Å²) in [6, 6.07) is 8.55. The van der Waals surface area contributed by atoms with Crippen LogP contribution in [0.5, 0.6) is 0 Å². The van der Waals surface area contributed by atoms with Crippen LogP contribution in [-0.4, -0.2) is 43.2 Å². The lowest BCUT2D eigenvalue weighted by Gasteiger charge is -2.25. The highest BCUT2D eigenvalue weighted by Gasteiger charge is 2.19. The van der Waals surface area contributed by atoms with Crippen molar-refractivity contribution in [3.05, 3.63) is 35.9 Å². The molecule has 0 unspecified atom stereocenters. The largest absolute Gasteiger partial charge is 0.434 e. The topological polar surface area (TPSA) is 67.9 Å². The van der Waals surface area contributed by atoms with E-state index in [0.29, 0.717) is 31.9 Å². The zero-order valence-electron chi connectivity index (χ0n) is 9.80. The highest BCUT2D eigenvalue weighted by atomic mass is 16.7. The number of nitrogens with one attached hydrogen (secondary N) is 1. The first-order valence-corrected chi connectivity index (χ1v) is 5.66. The van der Waals surface area contributed by atoms with E-state index in [-0.39, 0.29) is 0 Å². The number of rotatable bonds is 1. The van der Waals surface area contributed by atoms with Gasteiger partial charge in [0.05, 0.1) is 13.2 Å². The SMILES string of the molecule is O=C(NOC(=O)N1CCOCC1)c1ccccc1. The number of hydroxylamine groups is 1. The summed E-state index contributed by atoms with van der Waals surface area (Å²) in [6.45, 7) is 1.92. The smallest absolute Gasteiger partial charge is 0.378 e. The predicted octanol–water partition coefficient (Wildman–Crippen LogP) is 0.800. The summed E-state index contributed by atoms with van der Waals surface area (Å²) >= 11 is 0. The Morgan fingerprint density at radius 1 is 1.17 bits per heavy atom. The monoisotopic (exact) mass is 250 g/mol. The summed E-state index contributed by atoms with van der Waals surface area (Å²) < 4.78 is 5.11. The Labute approximate surface area is 104 Å². The number of nitrogens with zero attached hydrogens (tertiary/aromatic N) is 1. The van der Waals surface area contributed by atoms with Crippen LogP contribution in [0.3, 0.4) is 0 Å². The first kappa shape index (κ1) is 12.4. The molecule has 0 atom stereocenters. The molecule has 0 saturated carbocycles. The van der Waals surface area contributed by atoms with Crippen molar-refractivity contribution in [1.29, 1.82) is 0 Å². The molecule has 1 aliphatic rings. The molecule has 1 fully saturated rings. The maximum atomic E-state index is 11.6. The van der Waals surface area contributed by atoms with Crippen molar-refractivity contribution in [2.45, 2.75) is 0 Å². The summed E-state index contributed by atoms with van der Waals surface area (Å²) in [5, 5.41) is 0. The molecule has 0 aromatic heterocycles. The van der Waals surface area contributed by atoms with Gasteiger partial charge in [0.2, 0.25) is 0 Å². The lowest BCUT2D eigenvalue weighted by atomic mass is 10.2. The van der Waals surface area contributed by atoms with Gasteiger partial charge in [0.1, 0.15) is 0 Å². The molecule has 1 saturated heterocycles. The zero-order chi connectivity index (χ0) is 12.8. The quantitative estimate of drug-likeness (QED) is 0.749. The molecule has 0 radical (unpaired) electrons. The summed E-state index contributed by atoms with van der Waals surface area (Å²) in [7, 11) is 0. The Hall–Kier alpha value is -2.08. The summed E-state index contributed by atoms with van der Waals surface area (Å²) in [4.78, 5) is 29.4. The van der Waals surface area contributed by atoms with Crippen molar-refractivity contribution in [2.24, 2.45) is 0 Å². The second-order valence-electron chi connectivity index (χ2n) is 3.76. The zero-order valence-corrected chi connectivity index (χ0v) is 9.80. The Bertz CT molecular complexity index is 415. The van der Waals surface area contributed by atoms with E-state index in [9.17, 15) is 9.59 Å². The molecule has 1 N–H and O–H groups in total. The van der Waals surface area contributed by atoms with Crippen LogP contribution in [0.1, 0.15) is 10.4 Å². The van der Waals surface area contributed by atoms with Crippen LogP contribution in [0.15, 0.2) is 30.3 Å². The van der Waals surface area contributed by atoms with Crippen molar-refractivity contribution in [3.8, 4) is 0 Å². The van der Waals surface area contributed by atoms with Crippen molar-refractivity contribution in [1.82, 2.24) is 10.4 Å². The van der Waals surface area contributed by atoms with Gasteiger partial charge in [0.25, 0.3) is 5.91 Å². The molecule has 18 heavy (non-hydrogen) atoms. The highest BCUT2D eigenvalue weighted by Crippen LogP contribution is 2.01. The molecule has 1 aromatic rings. The summed E-state index contributed by atoms with van der Waals surface area (Å²) in [5.74, 6) is -0.447. The molecule has 0 aliphatic carbocycles. The molecule has 6 heteroatoms. The first-order chi connectivity index (χ1) is 8.77. The van der Waals surface area contributed by atoms with Gasteiger partial charge in [0, 0.05) is 18.7 Å². The second kappa shape index (κ2) is 6.02. The van der Waals surface area contributed by atoms with Gasteiger partial charge < -0.3 is 14.5 Å². The highest BCUT2D eigenvalue weighted by molar-refractivity contribution is 5.94. The fraction of sp³-hybridized carbons (Fsp3) is 0.333. The van der Waals surface area contributed by atoms with Crippen LogP contribution in [0.25, 0.3) is 0 Å². The van der Waals surface area contributed by atoms with E-state index in [2.05, 4.69) is 5.48 Å². The van der Waals surface area contributed by atoms with Crippen LogP contribution >= 0.6 is 0 Å². The van der Waals surface area contributed by atoms with Crippen LogP contribution < -0.4 is 5.48 Å². The number of benzene rings is 1. The molecule has 0 spiro atoms. The average Bonchev–Trinajstić information content (AvgIpc) is 2.46. The third-order valence-corrected chi connectivity index (χ3v) is 2.54. The number of carbonyl (C=O) groups excluding carboxylic acids is 2. The number of ether oxygens (including phenoxy) is 1. The van der Waals surface area contributed by atoms with Crippen LogP contribution in [-0.2, 0) is 9.57 Å². The van der Waals surface area contributed by atoms with Gasteiger partial charge in [-0.2, -0.15) is 5.48 Å². The van der Waals surface area contributed by atoms with E-state index < -0.39 is 12.0 Å². The van der Waals surface area contributed by atoms with Crippen molar-refractivity contribution < 1.29 is 19.2 Å². The molecule has 6 nitrogen and oxygen atoms in total. The van der Waals surface area contributed by atoms with Crippen molar-refractivity contribution in [3.63, 3.8) is 0 Å². The van der Waals surface area contributed by atoms with Crippen molar-refractivity contribution >= 4 is 12.0 Å². The molecule has 2 rings (SSSR count). The lowest BCUT2D eigenvalue weighted by molar-refractivity contribution is 0.00907. The van der Waals surface area contributed by atoms with Crippen LogP contribution in [0, 0.1) is 0 Å². The standard InChI is InChI=1S/C12H14N2O4/c15-11(10-4-2-1-3-5-10)13-18-12(16)14-6-8-17-9-7-14/h1-5H,6-9H2,(H,13,15). The average molecular weight is 250 g/mol. The Kier molecular flexibility index (Phi) is 4.14. The van der Waals surface area contributed by atoms with Gasteiger partial charge >= 0.3 is 6.09 Å². The maximum Gasteiger partial charge on any atom is 0.434 e. The molecular weight excluding hydrogens is 236 g/mol. The number of amides is 2. The van der Waals surface area contributed by atoms with Crippen LogP contribution in [0.2, 0.25) is 0 Å². The van der Waals surface area contributed by atoms with E-state index in [1.165, 1.54) is 4.90 Å². The second-order valence-corrected chi connectivity index (χ2v) is 3.76. The fourth-order valence-electron chi connectivity index (χ4n) is 1.55. The van der Waals surface area contributed by atoms with Gasteiger partial charge in [-0.3, -0.25) is 4.79 Å². The van der Waals surface area contributed by atoms with Crippen molar-refractivity contribution in [2.75, 3.05) is 26.3 Å². The normalized spacial score (nSPS) is 15.0. The molecule has 0 bridgehead atoms. The molecule has 2 amide bonds. The molecular formula is C12H14N2O4. The van der Waals surface area contributed by atoms with E-state index >= 15 is 0 Å². The third kappa shape index (κ3) is 3.21. The van der Waals surface area contributed by atoms with Gasteiger partial charge in [0.15, 0.2) is 0 Å². The Morgan fingerprint density at radius 2 is 1.83 bits per heavy atom. The van der Waals surface area contributed by atoms with E-state index in [4.69, 9.17) is 9.57 Å².